The number of carbonyl (C=O) groups is 2. The number of benzene rings is 1. The summed E-state index contributed by atoms with van der Waals surface area (Å²) >= 11 is 1.05. The first-order valence-electron chi connectivity index (χ1n) is 11.0. The van der Waals surface area contributed by atoms with Crippen LogP contribution in [0.3, 0.4) is 0 Å². The van der Waals surface area contributed by atoms with E-state index >= 15 is 0 Å². The molecule has 13 heteroatoms. The van der Waals surface area contributed by atoms with Crippen LogP contribution in [0, 0.1) is 16.0 Å². The van der Waals surface area contributed by atoms with Gasteiger partial charge in [0.05, 0.1) is 21.7 Å². The van der Waals surface area contributed by atoms with Crippen LogP contribution in [0.2, 0.25) is 0 Å². The second-order valence-corrected chi connectivity index (χ2v) is 11.3. The number of nitro benzene ring substituents is 1. The van der Waals surface area contributed by atoms with Crippen molar-refractivity contribution < 1.29 is 27.7 Å². The van der Waals surface area contributed by atoms with Gasteiger partial charge in [-0.25, -0.2) is 8.42 Å². The molecule has 1 fully saturated rings. The summed E-state index contributed by atoms with van der Waals surface area (Å²) in [5, 5.41) is 11.1. The Bertz CT molecular complexity index is 1240. The molecule has 1 aliphatic heterocycles. The molecule has 34 heavy (non-hydrogen) atoms. The predicted octanol–water partition coefficient (Wildman–Crippen LogP) is 1.75. The third-order valence-electron chi connectivity index (χ3n) is 5.58. The molecule has 0 spiro atoms. The van der Waals surface area contributed by atoms with E-state index in [1.54, 1.807) is 10.6 Å². The van der Waals surface area contributed by atoms with Crippen LogP contribution in [0.25, 0.3) is 10.2 Å². The minimum Gasteiger partial charge on any atom is -0.380 e. The van der Waals surface area contributed by atoms with Gasteiger partial charge in [0.25, 0.3) is 11.6 Å². The highest BCUT2D eigenvalue weighted by atomic mass is 32.2. The zero-order valence-electron chi connectivity index (χ0n) is 19.1. The van der Waals surface area contributed by atoms with Crippen LogP contribution >= 0.6 is 11.3 Å². The van der Waals surface area contributed by atoms with Crippen LogP contribution in [-0.2, 0) is 30.7 Å². The molecule has 2 aromatic rings. The minimum absolute atomic E-state index is 0.100. The van der Waals surface area contributed by atoms with E-state index in [0.29, 0.717) is 49.0 Å². The van der Waals surface area contributed by atoms with Crippen LogP contribution in [0.1, 0.15) is 26.7 Å². The second-order valence-electron chi connectivity index (χ2n) is 8.24. The lowest BCUT2D eigenvalue weighted by Crippen LogP contribution is -2.41. The number of non-ortho nitro benzene ring substituents is 1. The number of rotatable bonds is 9. The molecule has 0 aliphatic carbocycles. The number of sulfone groups is 1. The normalized spacial score (nSPS) is 15.7. The summed E-state index contributed by atoms with van der Waals surface area (Å²) in [5.41, 5.74) is 0.524. The predicted molar refractivity (Wildman–Crippen MR) is 127 cm³/mol. The molecule has 3 rings (SSSR count). The van der Waals surface area contributed by atoms with Gasteiger partial charge in [-0.2, -0.15) is 4.99 Å². The largest absolute Gasteiger partial charge is 0.380 e. The number of nitro groups is 1. The number of piperidine rings is 1. The summed E-state index contributed by atoms with van der Waals surface area (Å²) in [7, 11) is -4.00. The maximum Gasteiger partial charge on any atom is 0.270 e. The second kappa shape index (κ2) is 11.2. The van der Waals surface area contributed by atoms with Gasteiger partial charge < -0.3 is 14.2 Å². The van der Waals surface area contributed by atoms with E-state index in [0.717, 1.165) is 24.2 Å². The van der Waals surface area contributed by atoms with Crippen molar-refractivity contribution in [2.75, 3.05) is 37.8 Å². The number of hydrogen-bond acceptors (Lipinski definition) is 8. The van der Waals surface area contributed by atoms with Gasteiger partial charge in [-0.1, -0.05) is 18.3 Å². The smallest absolute Gasteiger partial charge is 0.270 e. The number of thiazole rings is 1. The van der Waals surface area contributed by atoms with Crippen LogP contribution in [0.15, 0.2) is 23.2 Å². The third kappa shape index (κ3) is 6.70. The minimum atomic E-state index is -4.00. The fraction of sp³-hybridized carbons (Fsp3) is 0.571. The van der Waals surface area contributed by atoms with E-state index in [9.17, 15) is 28.1 Å². The van der Waals surface area contributed by atoms with Gasteiger partial charge in [0, 0.05) is 38.4 Å². The number of likely N-dealkylation sites (tertiary alicyclic amines) is 1. The summed E-state index contributed by atoms with van der Waals surface area (Å²) < 4.78 is 32.6. The first-order chi connectivity index (χ1) is 16.1. The van der Waals surface area contributed by atoms with Crippen molar-refractivity contribution in [3.63, 3.8) is 0 Å². The standard InChI is InChI=1S/C21H28N4O7S2/c1-3-32-11-10-24-17-5-4-16(25(28)29)12-18(17)33-21(24)22-19(26)13-34(30,31)14-20(27)23-8-6-15(2)7-9-23/h4-5,12,15H,3,6-11,13-14H2,1-2H3. The molecule has 1 aliphatic rings. The van der Waals surface area contributed by atoms with Gasteiger partial charge in [0.2, 0.25) is 5.91 Å². The van der Waals surface area contributed by atoms with Crippen molar-refractivity contribution in [2.24, 2.45) is 10.9 Å². The van der Waals surface area contributed by atoms with Gasteiger partial charge in [-0.3, -0.25) is 19.7 Å². The lowest BCUT2D eigenvalue weighted by Gasteiger charge is -2.30. The zero-order valence-corrected chi connectivity index (χ0v) is 20.8. The molecule has 2 amide bonds. The third-order valence-corrected chi connectivity index (χ3v) is 8.00. The molecule has 1 aromatic heterocycles. The maximum atomic E-state index is 12.5. The number of amides is 2. The van der Waals surface area contributed by atoms with Gasteiger partial charge >= 0.3 is 0 Å². The molecule has 1 aromatic carbocycles. The summed E-state index contributed by atoms with van der Waals surface area (Å²) in [5.74, 6) is -2.51. The first-order valence-corrected chi connectivity index (χ1v) is 13.6. The molecule has 0 radical (unpaired) electrons. The van der Waals surface area contributed by atoms with E-state index in [2.05, 4.69) is 11.9 Å². The molecule has 0 bridgehead atoms. The topological polar surface area (TPSA) is 141 Å². The number of fused-ring (bicyclic) bond motifs is 1. The highest BCUT2D eigenvalue weighted by molar-refractivity contribution is 7.92. The maximum absolute atomic E-state index is 12.5. The van der Waals surface area contributed by atoms with E-state index in [1.807, 2.05) is 6.92 Å². The van der Waals surface area contributed by atoms with Crippen molar-refractivity contribution in [1.82, 2.24) is 9.47 Å². The molecule has 2 heterocycles. The Morgan fingerprint density at radius 2 is 1.97 bits per heavy atom. The quantitative estimate of drug-likeness (QED) is 0.283. The molecule has 11 nitrogen and oxygen atoms in total. The highest BCUT2D eigenvalue weighted by Gasteiger charge is 2.26. The number of aromatic nitrogens is 1. The van der Waals surface area contributed by atoms with Crippen molar-refractivity contribution in [3.05, 3.63) is 33.1 Å². The monoisotopic (exact) mass is 512 g/mol. The van der Waals surface area contributed by atoms with Gasteiger partial charge in [-0.15, -0.1) is 0 Å². The summed E-state index contributed by atoms with van der Waals surface area (Å²) in [6, 6.07) is 4.30. The molecular formula is C21H28N4O7S2. The Morgan fingerprint density at radius 1 is 1.26 bits per heavy atom. The SMILES string of the molecule is CCOCCn1c(=NC(=O)CS(=O)(=O)CC(=O)N2CCC(C)CC2)sc2cc([N+](=O)[O-])ccc21. The Balaban J connectivity index is 1.81. The van der Waals surface area contributed by atoms with Gasteiger partial charge in [0.15, 0.2) is 14.6 Å². The van der Waals surface area contributed by atoms with Crippen LogP contribution in [-0.4, -0.2) is 72.4 Å². The number of carbonyl (C=O) groups excluding carboxylic acids is 2. The summed E-state index contributed by atoms with van der Waals surface area (Å²) in [6.45, 7) is 6.10. The molecule has 0 unspecified atom stereocenters. The van der Waals surface area contributed by atoms with Crippen LogP contribution in [0.4, 0.5) is 5.69 Å². The van der Waals surface area contributed by atoms with E-state index < -0.39 is 38.1 Å². The van der Waals surface area contributed by atoms with E-state index in [-0.39, 0.29) is 10.5 Å². The Hall–Kier alpha value is -2.64. The van der Waals surface area contributed by atoms with Crippen LogP contribution in [0.5, 0.6) is 0 Å². The van der Waals surface area contributed by atoms with Gasteiger partial charge in [-0.05, 0) is 31.7 Å². The van der Waals surface area contributed by atoms with Crippen molar-refractivity contribution in [2.45, 2.75) is 33.2 Å². The first kappa shape index (κ1) is 26.0. The lowest BCUT2D eigenvalue weighted by molar-refractivity contribution is -0.384. The molecule has 186 valence electrons. The van der Waals surface area contributed by atoms with Crippen molar-refractivity contribution in [3.8, 4) is 0 Å². The number of nitrogens with zero attached hydrogens (tertiary/aromatic N) is 4. The van der Waals surface area contributed by atoms with Crippen LogP contribution < -0.4 is 4.80 Å². The molecule has 0 saturated carbocycles. The van der Waals surface area contributed by atoms with Gasteiger partial charge in [0.1, 0.15) is 11.5 Å². The fourth-order valence-electron chi connectivity index (χ4n) is 3.69. The average Bonchev–Trinajstić information content (AvgIpc) is 3.09. The average molecular weight is 513 g/mol. The van der Waals surface area contributed by atoms with E-state index in [4.69, 9.17) is 4.74 Å². The molecule has 1 saturated heterocycles. The summed E-state index contributed by atoms with van der Waals surface area (Å²) in [4.78, 5) is 41.3. The molecule has 0 atom stereocenters. The Morgan fingerprint density at radius 3 is 2.62 bits per heavy atom. The molecule has 0 N–H and O–H groups in total. The summed E-state index contributed by atoms with van der Waals surface area (Å²) in [6.07, 6.45) is 1.65. The Labute approximate surface area is 201 Å². The van der Waals surface area contributed by atoms with Crippen molar-refractivity contribution in [1.29, 1.82) is 0 Å². The fourth-order valence-corrected chi connectivity index (χ4v) is 5.90. The number of hydrogen-bond donors (Lipinski definition) is 0. The van der Waals surface area contributed by atoms with E-state index in [1.165, 1.54) is 17.0 Å². The lowest BCUT2D eigenvalue weighted by atomic mass is 9.99. The zero-order chi connectivity index (χ0) is 24.9. The molecular weight excluding hydrogens is 484 g/mol. The number of ether oxygens (including phenoxy) is 1. The Kier molecular flexibility index (Phi) is 8.55. The van der Waals surface area contributed by atoms with Crippen molar-refractivity contribution >= 4 is 48.9 Å². The highest BCUT2D eigenvalue weighted by Crippen LogP contribution is 2.23.